The number of hydrogen-bond donors (Lipinski definition) is 0. The van der Waals surface area contributed by atoms with Gasteiger partial charge in [0.1, 0.15) is 0 Å². The first kappa shape index (κ1) is 60.6. The third kappa shape index (κ3) is 9.98. The van der Waals surface area contributed by atoms with Crippen molar-refractivity contribution in [2.75, 3.05) is 9.80 Å². The van der Waals surface area contributed by atoms with Crippen LogP contribution in [0.15, 0.2) is 279 Å². The van der Waals surface area contributed by atoms with Gasteiger partial charge in [-0.3, -0.25) is 0 Å². The Bertz CT molecular complexity index is 5080. The third-order valence-corrected chi connectivity index (χ3v) is 22.4. The second-order valence-electron chi connectivity index (χ2n) is 30.0. The standard InChI is InChI=1S/C96H80N2/c1-61-19-39-71(40-20-61)97(73-43-33-67(34-44-73)69-37-51-81-77-15-11-13-17-85(77)93(3,4)89(81)57-69)75-47-53-83-79-49-31-65(55-87(79)95(7,8)91(83)59-75)29-27-63-23-25-64(26-24-63)28-30-66-32-50-80-84-54-48-76(60-92(84)96(9,10)88(80)56-66)98(72-41-21-62(2)22-42-72)74-45-35-68(36-46-74)70-38-52-82-78-16-12-14-18-86(78)94(5,6)90(82)58-70/h11-60H,1-10H3/b29-27+,30-28+. The minimum atomic E-state index is -0.208. The fourth-order valence-corrected chi connectivity index (χ4v) is 16.7. The van der Waals surface area contributed by atoms with Crippen LogP contribution in [0.2, 0.25) is 0 Å². The highest BCUT2D eigenvalue weighted by atomic mass is 15.1. The lowest BCUT2D eigenvalue weighted by molar-refractivity contribution is 0.660. The van der Waals surface area contributed by atoms with Crippen LogP contribution in [0.4, 0.5) is 34.1 Å². The molecule has 0 atom stereocenters. The molecule has 4 aliphatic rings. The maximum atomic E-state index is 2.44. The molecule has 0 unspecified atom stereocenters. The zero-order valence-corrected chi connectivity index (χ0v) is 57.8. The summed E-state index contributed by atoms with van der Waals surface area (Å²) in [5, 5.41) is 0. The largest absolute Gasteiger partial charge is 0.310 e. The van der Waals surface area contributed by atoms with Gasteiger partial charge in [0.2, 0.25) is 0 Å². The van der Waals surface area contributed by atoms with Gasteiger partial charge in [-0.25, -0.2) is 0 Å². The molecule has 0 radical (unpaired) electrons. The van der Waals surface area contributed by atoms with E-state index in [9.17, 15) is 0 Å². The number of hydrogen-bond acceptors (Lipinski definition) is 2. The molecule has 0 bridgehead atoms. The summed E-state index contributed by atoms with van der Waals surface area (Å²) in [5.41, 5.74) is 40.1. The summed E-state index contributed by atoms with van der Waals surface area (Å²) in [6.45, 7) is 23.3. The highest BCUT2D eigenvalue weighted by Gasteiger charge is 2.40. The highest BCUT2D eigenvalue weighted by Crippen LogP contribution is 2.55. The Morgan fingerprint density at radius 1 is 0.204 bits per heavy atom. The van der Waals surface area contributed by atoms with Gasteiger partial charge in [0.05, 0.1) is 0 Å². The summed E-state index contributed by atoms with van der Waals surface area (Å²) >= 11 is 0. The van der Waals surface area contributed by atoms with Crippen molar-refractivity contribution in [1.82, 2.24) is 0 Å². The van der Waals surface area contributed by atoms with Crippen molar-refractivity contribution in [2.45, 2.75) is 90.9 Å². The van der Waals surface area contributed by atoms with Gasteiger partial charge in [-0.05, 0) is 232 Å². The fourth-order valence-electron chi connectivity index (χ4n) is 16.7. The molecule has 474 valence electrons. The molecule has 0 aliphatic heterocycles. The predicted molar refractivity (Wildman–Crippen MR) is 417 cm³/mol. The number of nitrogens with zero attached hydrogens (tertiary/aromatic N) is 2. The predicted octanol–water partition coefficient (Wildman–Crippen LogP) is 26.1. The van der Waals surface area contributed by atoms with Gasteiger partial charge >= 0.3 is 0 Å². The molecule has 0 saturated heterocycles. The zero-order valence-electron chi connectivity index (χ0n) is 57.8. The number of fused-ring (bicyclic) bond motifs is 12. The van der Waals surface area contributed by atoms with Gasteiger partial charge in [0.25, 0.3) is 0 Å². The first-order valence-electron chi connectivity index (χ1n) is 34.9. The molecule has 0 amide bonds. The molecule has 0 aromatic heterocycles. The molecule has 13 aromatic rings. The Morgan fingerprint density at radius 3 is 0.816 bits per heavy atom. The van der Waals surface area contributed by atoms with Crippen LogP contribution in [-0.2, 0) is 21.7 Å². The summed E-state index contributed by atoms with van der Waals surface area (Å²) in [7, 11) is 0. The van der Waals surface area contributed by atoms with E-state index in [1.807, 2.05) is 0 Å². The molecule has 0 N–H and O–H groups in total. The first-order valence-corrected chi connectivity index (χ1v) is 34.9. The molecule has 13 aromatic carbocycles. The smallest absolute Gasteiger partial charge is 0.0465 e. The maximum Gasteiger partial charge on any atom is 0.0465 e. The van der Waals surface area contributed by atoms with E-state index in [0.29, 0.717) is 0 Å². The van der Waals surface area contributed by atoms with Crippen LogP contribution in [-0.4, -0.2) is 0 Å². The van der Waals surface area contributed by atoms with Gasteiger partial charge in [-0.15, -0.1) is 0 Å². The number of anilines is 6. The molecule has 0 spiro atoms. The Morgan fingerprint density at radius 2 is 0.449 bits per heavy atom. The topological polar surface area (TPSA) is 6.48 Å². The Hall–Kier alpha value is -11.1. The molecule has 0 saturated carbocycles. The normalized spacial score (nSPS) is 14.9. The molecule has 0 heterocycles. The van der Waals surface area contributed by atoms with Crippen LogP contribution in [0, 0.1) is 13.8 Å². The Labute approximate surface area is 579 Å². The van der Waals surface area contributed by atoms with E-state index in [-0.39, 0.29) is 21.7 Å². The molecule has 0 fully saturated rings. The summed E-state index contributed by atoms with van der Waals surface area (Å²) in [4.78, 5) is 4.83. The van der Waals surface area contributed by atoms with Crippen LogP contribution in [0.1, 0.15) is 133 Å². The van der Waals surface area contributed by atoms with Crippen molar-refractivity contribution in [3.05, 3.63) is 357 Å². The summed E-state index contributed by atoms with van der Waals surface area (Å²) in [5.74, 6) is 0. The molecular weight excluding hydrogens is 1180 g/mol. The van der Waals surface area contributed by atoms with E-state index in [2.05, 4.69) is 382 Å². The second-order valence-corrected chi connectivity index (χ2v) is 30.0. The minimum absolute atomic E-state index is 0.0481. The van der Waals surface area contributed by atoms with Crippen molar-refractivity contribution in [3.63, 3.8) is 0 Å². The summed E-state index contributed by atoms with van der Waals surface area (Å²) in [6.07, 6.45) is 9.02. The maximum absolute atomic E-state index is 2.44. The number of benzene rings is 13. The molecule has 4 aliphatic carbocycles. The lowest BCUT2D eigenvalue weighted by atomic mass is 9.81. The SMILES string of the molecule is Cc1ccc(N(c2ccc(-c3ccc4c(c3)C(C)(C)c3ccccc3-4)cc2)c2ccc3c(c2)C(C)(C)c2cc(/C=C/c4ccc(/C=C/c5ccc6c(c5)C(C)(C)c5cc(N(c7ccc(C)cc7)c7ccc(-c8ccc9c(c8)C(C)(C)c8ccccc8-9)cc7)ccc5-6)cc4)ccc2-3)cc1. The van der Waals surface area contributed by atoms with Crippen molar-refractivity contribution < 1.29 is 0 Å². The quantitative estimate of drug-likeness (QED) is 0.113. The lowest BCUT2D eigenvalue weighted by Gasteiger charge is -2.28. The third-order valence-electron chi connectivity index (χ3n) is 22.4. The minimum Gasteiger partial charge on any atom is -0.310 e. The second kappa shape index (κ2) is 22.8. The molecule has 2 nitrogen and oxygen atoms in total. The Kier molecular flexibility index (Phi) is 14.1. The zero-order chi connectivity index (χ0) is 67.0. The van der Waals surface area contributed by atoms with E-state index in [1.165, 1.54) is 145 Å². The monoisotopic (exact) mass is 1260 g/mol. The van der Waals surface area contributed by atoms with E-state index in [4.69, 9.17) is 0 Å². The van der Waals surface area contributed by atoms with Crippen LogP contribution in [0.3, 0.4) is 0 Å². The van der Waals surface area contributed by atoms with E-state index in [1.54, 1.807) is 0 Å². The lowest BCUT2D eigenvalue weighted by Crippen LogP contribution is -2.16. The molecule has 98 heavy (non-hydrogen) atoms. The van der Waals surface area contributed by atoms with E-state index < -0.39 is 0 Å². The van der Waals surface area contributed by atoms with E-state index in [0.717, 1.165) is 34.1 Å². The number of aryl methyl sites for hydroxylation is 2. The van der Waals surface area contributed by atoms with Gasteiger partial charge < -0.3 is 9.80 Å². The van der Waals surface area contributed by atoms with Gasteiger partial charge in [0.15, 0.2) is 0 Å². The number of rotatable bonds is 12. The average Bonchev–Trinajstić information content (AvgIpc) is 1.60. The van der Waals surface area contributed by atoms with Crippen molar-refractivity contribution in [3.8, 4) is 66.8 Å². The van der Waals surface area contributed by atoms with Crippen LogP contribution in [0.5, 0.6) is 0 Å². The molecule has 17 rings (SSSR count). The molecular formula is C96H80N2. The Balaban J connectivity index is 0.583. The molecule has 2 heteroatoms. The van der Waals surface area contributed by atoms with Crippen molar-refractivity contribution >= 4 is 58.4 Å². The van der Waals surface area contributed by atoms with Crippen LogP contribution < -0.4 is 9.80 Å². The van der Waals surface area contributed by atoms with Crippen LogP contribution in [0.25, 0.3) is 91.1 Å². The van der Waals surface area contributed by atoms with Crippen molar-refractivity contribution in [2.24, 2.45) is 0 Å². The van der Waals surface area contributed by atoms with Crippen LogP contribution >= 0.6 is 0 Å². The summed E-state index contributed by atoms with van der Waals surface area (Å²) in [6, 6.07) is 105. The summed E-state index contributed by atoms with van der Waals surface area (Å²) < 4.78 is 0. The van der Waals surface area contributed by atoms with Gasteiger partial charge in [-0.2, -0.15) is 0 Å². The van der Waals surface area contributed by atoms with Crippen molar-refractivity contribution in [1.29, 1.82) is 0 Å². The highest BCUT2D eigenvalue weighted by molar-refractivity contribution is 5.91. The average molecular weight is 1260 g/mol. The van der Waals surface area contributed by atoms with Gasteiger partial charge in [0, 0.05) is 55.8 Å². The fraction of sp³-hybridized carbons (Fsp3) is 0.146. The van der Waals surface area contributed by atoms with Gasteiger partial charge in [-0.1, -0.05) is 285 Å². The first-order chi connectivity index (χ1) is 47.4. The van der Waals surface area contributed by atoms with E-state index >= 15 is 0 Å².